The Balaban J connectivity index is 2.01. The Morgan fingerprint density at radius 1 is 0.690 bits per heavy atom. The number of aromatic nitrogens is 1. The molecule has 2 heteroatoms. The van der Waals surface area contributed by atoms with Gasteiger partial charge in [0.05, 0.1) is 0 Å². The summed E-state index contributed by atoms with van der Waals surface area (Å²) in [6.45, 7) is 6.59. The second-order valence-electron chi connectivity index (χ2n) is 8.92. The molecule has 0 N–H and O–H groups in total. The molecule has 2 nitrogen and oxygen atoms in total. The van der Waals surface area contributed by atoms with Crippen LogP contribution in [0.4, 0.5) is 0 Å². The van der Waals surface area contributed by atoms with E-state index in [0.717, 1.165) is 31.2 Å². The van der Waals surface area contributed by atoms with E-state index in [-0.39, 0.29) is 0 Å². The van der Waals surface area contributed by atoms with Gasteiger partial charge in [0.15, 0.2) is 5.78 Å². The van der Waals surface area contributed by atoms with Gasteiger partial charge in [-0.05, 0) is 24.8 Å². The van der Waals surface area contributed by atoms with Crippen LogP contribution < -0.4 is 0 Å². The van der Waals surface area contributed by atoms with E-state index in [0.29, 0.717) is 5.78 Å². The number of carbonyl (C=O) groups is 1. The molecule has 0 aliphatic rings. The van der Waals surface area contributed by atoms with Crippen molar-refractivity contribution in [2.24, 2.45) is 7.05 Å². The van der Waals surface area contributed by atoms with Gasteiger partial charge in [0.2, 0.25) is 0 Å². The van der Waals surface area contributed by atoms with Gasteiger partial charge in [-0.1, -0.05) is 111 Å². The lowest BCUT2D eigenvalue weighted by Crippen LogP contribution is -2.06. The highest BCUT2D eigenvalue weighted by molar-refractivity contribution is 5.98. The average Bonchev–Trinajstić information content (AvgIpc) is 3.06. The summed E-state index contributed by atoms with van der Waals surface area (Å²) in [5, 5.41) is 0. The standard InChI is InChI=1S/C27H49NO/c1-5-8-9-10-11-12-13-14-15-16-17-18-19-20-21-22-26(29)27-24(6-2)23-28(4)25(27)7-3/h23H,5-22H2,1-4H3. The molecule has 0 bridgehead atoms. The molecule has 1 rings (SSSR count). The van der Waals surface area contributed by atoms with Gasteiger partial charge in [-0.25, -0.2) is 0 Å². The molecule has 0 saturated carbocycles. The fourth-order valence-electron chi connectivity index (χ4n) is 4.55. The lowest BCUT2D eigenvalue weighted by Gasteiger charge is -2.07. The third-order valence-electron chi connectivity index (χ3n) is 6.39. The van der Waals surface area contributed by atoms with Gasteiger partial charge in [-0.15, -0.1) is 0 Å². The molecule has 0 unspecified atom stereocenters. The van der Waals surface area contributed by atoms with Gasteiger partial charge >= 0.3 is 0 Å². The van der Waals surface area contributed by atoms with Crippen molar-refractivity contribution in [1.29, 1.82) is 0 Å². The summed E-state index contributed by atoms with van der Waals surface area (Å²) >= 11 is 0. The molecule has 1 aromatic rings. The summed E-state index contributed by atoms with van der Waals surface area (Å²) in [5.74, 6) is 0.369. The number of hydrogen-bond acceptors (Lipinski definition) is 1. The van der Waals surface area contributed by atoms with Crippen LogP contribution in [0.1, 0.15) is 145 Å². The normalized spacial score (nSPS) is 11.3. The first-order valence-corrected chi connectivity index (χ1v) is 12.9. The molecule has 1 aromatic heterocycles. The van der Waals surface area contributed by atoms with E-state index in [1.807, 2.05) is 0 Å². The second kappa shape index (κ2) is 16.7. The fraction of sp³-hybridized carbons (Fsp3) is 0.815. The number of Topliss-reactive ketones (excluding diaryl/α,β-unsaturated/α-hetero) is 1. The Bertz CT molecular complexity index is 543. The van der Waals surface area contributed by atoms with Crippen molar-refractivity contribution in [2.75, 3.05) is 0 Å². The van der Waals surface area contributed by atoms with E-state index < -0.39 is 0 Å². The predicted octanol–water partition coefficient (Wildman–Crippen LogP) is 8.59. The van der Waals surface area contributed by atoms with Crippen LogP contribution in [0.3, 0.4) is 0 Å². The number of aryl methyl sites for hydroxylation is 2. The van der Waals surface area contributed by atoms with Gasteiger partial charge in [0.25, 0.3) is 0 Å². The lowest BCUT2D eigenvalue weighted by molar-refractivity contribution is 0.0977. The maximum absolute atomic E-state index is 12.7. The van der Waals surface area contributed by atoms with Crippen molar-refractivity contribution >= 4 is 5.78 Å². The van der Waals surface area contributed by atoms with Crippen LogP contribution in [0.5, 0.6) is 0 Å². The molecule has 0 aromatic carbocycles. The molecule has 0 aliphatic heterocycles. The van der Waals surface area contributed by atoms with Crippen LogP contribution in [0.15, 0.2) is 6.20 Å². The van der Waals surface area contributed by atoms with Crippen LogP contribution >= 0.6 is 0 Å². The molecular weight excluding hydrogens is 354 g/mol. The summed E-state index contributed by atoms with van der Waals surface area (Å²) in [6.07, 6.45) is 25.3. The Labute approximate surface area is 181 Å². The predicted molar refractivity (Wildman–Crippen MR) is 128 cm³/mol. The monoisotopic (exact) mass is 403 g/mol. The van der Waals surface area contributed by atoms with Gasteiger partial charge in [-0.3, -0.25) is 4.79 Å². The topological polar surface area (TPSA) is 22.0 Å². The number of ketones is 1. The van der Waals surface area contributed by atoms with E-state index in [1.165, 1.54) is 101 Å². The summed E-state index contributed by atoms with van der Waals surface area (Å²) in [7, 11) is 2.07. The highest BCUT2D eigenvalue weighted by Crippen LogP contribution is 2.22. The summed E-state index contributed by atoms with van der Waals surface area (Å²) < 4.78 is 2.15. The second-order valence-corrected chi connectivity index (χ2v) is 8.92. The van der Waals surface area contributed by atoms with Crippen molar-refractivity contribution in [2.45, 2.75) is 136 Å². The number of carbonyl (C=O) groups excluding carboxylic acids is 1. The minimum Gasteiger partial charge on any atom is -0.353 e. The smallest absolute Gasteiger partial charge is 0.164 e. The maximum Gasteiger partial charge on any atom is 0.164 e. The quantitative estimate of drug-likeness (QED) is 0.167. The van der Waals surface area contributed by atoms with Crippen molar-refractivity contribution in [3.8, 4) is 0 Å². The van der Waals surface area contributed by atoms with Crippen LogP contribution in [0.25, 0.3) is 0 Å². The first-order chi connectivity index (χ1) is 14.2. The van der Waals surface area contributed by atoms with Crippen molar-refractivity contribution < 1.29 is 4.79 Å². The van der Waals surface area contributed by atoms with Gasteiger partial charge in [0, 0.05) is 30.9 Å². The highest BCUT2D eigenvalue weighted by Gasteiger charge is 2.18. The third-order valence-corrected chi connectivity index (χ3v) is 6.39. The van der Waals surface area contributed by atoms with Crippen LogP contribution in [0.2, 0.25) is 0 Å². The number of hydrogen-bond donors (Lipinski definition) is 0. The van der Waals surface area contributed by atoms with Crippen molar-refractivity contribution in [1.82, 2.24) is 4.57 Å². The van der Waals surface area contributed by atoms with E-state index >= 15 is 0 Å². The molecule has 0 saturated heterocycles. The maximum atomic E-state index is 12.7. The molecule has 0 amide bonds. The molecule has 29 heavy (non-hydrogen) atoms. The SMILES string of the molecule is CCCCCCCCCCCCCCCCCC(=O)c1c(CC)cn(C)c1CC. The molecule has 0 spiro atoms. The van der Waals surface area contributed by atoms with Crippen molar-refractivity contribution in [3.63, 3.8) is 0 Å². The largest absolute Gasteiger partial charge is 0.353 e. The van der Waals surface area contributed by atoms with Gasteiger partial charge in [-0.2, -0.15) is 0 Å². The molecule has 0 aliphatic carbocycles. The molecule has 0 atom stereocenters. The zero-order chi connectivity index (χ0) is 21.3. The van der Waals surface area contributed by atoms with Crippen LogP contribution in [0, 0.1) is 0 Å². The summed E-state index contributed by atoms with van der Waals surface area (Å²) in [6, 6.07) is 0. The Morgan fingerprint density at radius 3 is 1.55 bits per heavy atom. The Hall–Kier alpha value is -1.05. The van der Waals surface area contributed by atoms with E-state index in [4.69, 9.17) is 0 Å². The number of rotatable bonds is 19. The van der Waals surface area contributed by atoms with E-state index in [2.05, 4.69) is 38.6 Å². The molecule has 0 radical (unpaired) electrons. The van der Waals surface area contributed by atoms with E-state index in [9.17, 15) is 4.79 Å². The molecular formula is C27H49NO. The van der Waals surface area contributed by atoms with E-state index in [1.54, 1.807) is 0 Å². The summed E-state index contributed by atoms with van der Waals surface area (Å²) in [5.41, 5.74) is 3.48. The minimum absolute atomic E-state index is 0.369. The number of nitrogens with zero attached hydrogens (tertiary/aromatic N) is 1. The molecule has 1 heterocycles. The van der Waals surface area contributed by atoms with Crippen LogP contribution in [-0.2, 0) is 19.9 Å². The fourth-order valence-corrected chi connectivity index (χ4v) is 4.55. The van der Waals surface area contributed by atoms with Gasteiger partial charge < -0.3 is 4.57 Å². The first kappa shape index (κ1) is 26.0. The first-order valence-electron chi connectivity index (χ1n) is 12.9. The average molecular weight is 404 g/mol. The Kier molecular flexibility index (Phi) is 15.0. The molecule has 168 valence electrons. The lowest BCUT2D eigenvalue weighted by atomic mass is 9.98. The van der Waals surface area contributed by atoms with Gasteiger partial charge in [0.1, 0.15) is 0 Å². The molecule has 0 fully saturated rings. The van der Waals surface area contributed by atoms with Crippen molar-refractivity contribution in [3.05, 3.63) is 23.0 Å². The minimum atomic E-state index is 0.369. The zero-order valence-corrected chi connectivity index (χ0v) is 20.2. The van der Waals surface area contributed by atoms with Crippen LogP contribution in [-0.4, -0.2) is 10.4 Å². The zero-order valence-electron chi connectivity index (χ0n) is 20.2. The Morgan fingerprint density at radius 2 is 1.14 bits per heavy atom. The summed E-state index contributed by atoms with van der Waals surface area (Å²) in [4.78, 5) is 12.7. The highest BCUT2D eigenvalue weighted by atomic mass is 16.1. The third kappa shape index (κ3) is 10.5. The number of unbranched alkanes of at least 4 members (excludes halogenated alkanes) is 14.